The van der Waals surface area contributed by atoms with Crippen LogP contribution in [-0.4, -0.2) is 25.2 Å². The Morgan fingerprint density at radius 1 is 1.20 bits per heavy atom. The summed E-state index contributed by atoms with van der Waals surface area (Å²) in [7, 11) is 1.68. The molecule has 0 spiro atoms. The number of anilines is 2. The molecule has 2 N–H and O–H groups in total. The van der Waals surface area contributed by atoms with Crippen LogP contribution in [0.3, 0.4) is 0 Å². The molecule has 1 aliphatic rings. The lowest BCUT2D eigenvalue weighted by Gasteiger charge is -2.29. The molecule has 1 aromatic heterocycles. The smallest absolute Gasteiger partial charge is 0.138 e. The molecule has 1 aromatic carbocycles. The van der Waals surface area contributed by atoms with E-state index in [1.54, 1.807) is 7.11 Å². The Balaban J connectivity index is 2.25. The van der Waals surface area contributed by atoms with E-state index >= 15 is 0 Å². The van der Waals surface area contributed by atoms with Crippen LogP contribution in [0.15, 0.2) is 22.8 Å². The molecular formula is C15H18BrN3O. The number of piperidine rings is 1. The van der Waals surface area contributed by atoms with Crippen molar-refractivity contribution in [3.8, 4) is 5.75 Å². The van der Waals surface area contributed by atoms with Crippen molar-refractivity contribution >= 4 is 38.2 Å². The minimum atomic E-state index is 0.746. The number of halogens is 1. The Hall–Kier alpha value is -1.49. The minimum absolute atomic E-state index is 0.746. The molecule has 0 amide bonds. The van der Waals surface area contributed by atoms with Crippen LogP contribution in [0.2, 0.25) is 0 Å². The van der Waals surface area contributed by atoms with Gasteiger partial charge in [-0.15, -0.1) is 0 Å². The monoisotopic (exact) mass is 335 g/mol. The zero-order chi connectivity index (χ0) is 14.1. The summed E-state index contributed by atoms with van der Waals surface area (Å²) in [4.78, 5) is 6.94. The van der Waals surface area contributed by atoms with Crippen molar-refractivity contribution in [3.63, 3.8) is 0 Å². The number of pyridine rings is 1. The van der Waals surface area contributed by atoms with Crippen LogP contribution in [0.25, 0.3) is 10.8 Å². The summed E-state index contributed by atoms with van der Waals surface area (Å²) in [6.45, 7) is 2.08. The molecule has 0 aliphatic carbocycles. The Bertz CT molecular complexity index is 639. The third kappa shape index (κ3) is 2.20. The first-order valence-electron chi connectivity index (χ1n) is 6.88. The van der Waals surface area contributed by atoms with Gasteiger partial charge in [0.1, 0.15) is 11.6 Å². The van der Waals surface area contributed by atoms with Crippen LogP contribution in [0, 0.1) is 0 Å². The van der Waals surface area contributed by atoms with Gasteiger partial charge in [-0.1, -0.05) is 0 Å². The van der Waals surface area contributed by atoms with Gasteiger partial charge in [-0.05, 0) is 47.3 Å². The third-order valence-electron chi connectivity index (χ3n) is 3.84. The van der Waals surface area contributed by atoms with Gasteiger partial charge < -0.3 is 15.4 Å². The average molecular weight is 336 g/mol. The second kappa shape index (κ2) is 5.48. The fourth-order valence-corrected chi connectivity index (χ4v) is 3.34. The normalized spacial score (nSPS) is 15.6. The standard InChI is InChI=1S/C15H18BrN3O/c1-20-12-6-5-11(17)14-13(12)10(16)9-18-15(14)19-7-3-2-4-8-19/h5-6,9H,2-4,7-8,17H2,1H3. The highest BCUT2D eigenvalue weighted by molar-refractivity contribution is 9.10. The molecule has 0 bridgehead atoms. The molecule has 0 unspecified atom stereocenters. The van der Waals surface area contributed by atoms with E-state index in [9.17, 15) is 0 Å². The third-order valence-corrected chi connectivity index (χ3v) is 4.44. The largest absolute Gasteiger partial charge is 0.496 e. The number of nitrogens with two attached hydrogens (primary N) is 1. The fourth-order valence-electron chi connectivity index (χ4n) is 2.84. The van der Waals surface area contributed by atoms with E-state index < -0.39 is 0 Å². The summed E-state index contributed by atoms with van der Waals surface area (Å²) in [6, 6.07) is 3.80. The van der Waals surface area contributed by atoms with E-state index in [1.807, 2.05) is 18.3 Å². The van der Waals surface area contributed by atoms with Gasteiger partial charge in [-0.2, -0.15) is 0 Å². The highest BCUT2D eigenvalue weighted by atomic mass is 79.9. The lowest BCUT2D eigenvalue weighted by molar-refractivity contribution is 0.419. The van der Waals surface area contributed by atoms with Crippen molar-refractivity contribution in [2.45, 2.75) is 19.3 Å². The lowest BCUT2D eigenvalue weighted by Crippen LogP contribution is -2.30. The van der Waals surface area contributed by atoms with Gasteiger partial charge in [-0.3, -0.25) is 0 Å². The zero-order valence-electron chi connectivity index (χ0n) is 11.5. The maximum atomic E-state index is 6.21. The van der Waals surface area contributed by atoms with Gasteiger partial charge in [-0.25, -0.2) is 4.98 Å². The van der Waals surface area contributed by atoms with E-state index in [4.69, 9.17) is 10.5 Å². The van der Waals surface area contributed by atoms with Gasteiger partial charge in [0.2, 0.25) is 0 Å². The predicted molar refractivity (Wildman–Crippen MR) is 86.5 cm³/mol. The van der Waals surface area contributed by atoms with Crippen molar-refractivity contribution in [2.24, 2.45) is 0 Å². The second-order valence-corrected chi connectivity index (χ2v) is 5.94. The SMILES string of the molecule is COc1ccc(N)c2c(N3CCCCC3)ncc(Br)c12. The van der Waals surface area contributed by atoms with E-state index in [1.165, 1.54) is 19.3 Å². The van der Waals surface area contributed by atoms with Crippen LogP contribution in [0.1, 0.15) is 19.3 Å². The molecule has 2 heterocycles. The molecule has 4 nitrogen and oxygen atoms in total. The predicted octanol–water partition coefficient (Wildman–Crippen LogP) is 3.58. The summed E-state index contributed by atoms with van der Waals surface area (Å²) < 4.78 is 6.39. The highest BCUT2D eigenvalue weighted by Crippen LogP contribution is 2.40. The number of fused-ring (bicyclic) bond motifs is 1. The molecule has 1 saturated heterocycles. The summed E-state index contributed by atoms with van der Waals surface area (Å²) >= 11 is 3.56. The van der Waals surface area contributed by atoms with Crippen molar-refractivity contribution in [1.29, 1.82) is 0 Å². The molecular weight excluding hydrogens is 318 g/mol. The van der Waals surface area contributed by atoms with Crippen molar-refractivity contribution in [3.05, 3.63) is 22.8 Å². The number of aromatic nitrogens is 1. The topological polar surface area (TPSA) is 51.4 Å². The lowest BCUT2D eigenvalue weighted by atomic mass is 10.1. The first kappa shape index (κ1) is 13.5. The molecule has 0 saturated carbocycles. The van der Waals surface area contributed by atoms with Crippen molar-refractivity contribution in [2.75, 3.05) is 30.8 Å². The Morgan fingerprint density at radius 2 is 1.95 bits per heavy atom. The number of nitrogen functional groups attached to an aromatic ring is 1. The van der Waals surface area contributed by atoms with Gasteiger partial charge in [0, 0.05) is 34.8 Å². The summed E-state index contributed by atoms with van der Waals surface area (Å²) in [5.74, 6) is 1.79. The quantitative estimate of drug-likeness (QED) is 0.852. The molecule has 3 rings (SSSR count). The second-order valence-electron chi connectivity index (χ2n) is 5.08. The number of hydrogen-bond donors (Lipinski definition) is 1. The molecule has 1 aliphatic heterocycles. The number of nitrogens with zero attached hydrogens (tertiary/aromatic N) is 2. The van der Waals surface area contributed by atoms with Crippen molar-refractivity contribution in [1.82, 2.24) is 4.98 Å². The number of ether oxygens (including phenoxy) is 1. The highest BCUT2D eigenvalue weighted by Gasteiger charge is 2.19. The number of hydrogen-bond acceptors (Lipinski definition) is 4. The Kier molecular flexibility index (Phi) is 3.70. The van der Waals surface area contributed by atoms with E-state index in [0.29, 0.717) is 0 Å². The summed E-state index contributed by atoms with van der Waals surface area (Å²) in [6.07, 6.45) is 5.56. The summed E-state index contributed by atoms with van der Waals surface area (Å²) in [5.41, 5.74) is 6.96. The van der Waals surface area contributed by atoms with E-state index in [2.05, 4.69) is 25.8 Å². The van der Waals surface area contributed by atoms with Crippen LogP contribution in [-0.2, 0) is 0 Å². The molecule has 0 radical (unpaired) electrons. The van der Waals surface area contributed by atoms with Crippen LogP contribution in [0.4, 0.5) is 11.5 Å². The maximum Gasteiger partial charge on any atom is 0.138 e. The average Bonchev–Trinajstić information content (AvgIpc) is 2.49. The van der Waals surface area contributed by atoms with E-state index in [-0.39, 0.29) is 0 Å². The number of methoxy groups -OCH3 is 1. The number of benzene rings is 1. The Morgan fingerprint density at radius 3 is 2.65 bits per heavy atom. The van der Waals surface area contributed by atoms with Crippen LogP contribution in [0.5, 0.6) is 5.75 Å². The van der Waals surface area contributed by atoms with Gasteiger partial charge >= 0.3 is 0 Å². The molecule has 5 heteroatoms. The van der Waals surface area contributed by atoms with Crippen LogP contribution < -0.4 is 15.4 Å². The molecule has 20 heavy (non-hydrogen) atoms. The molecule has 106 valence electrons. The summed E-state index contributed by atoms with van der Waals surface area (Å²) in [5, 5.41) is 1.99. The maximum absolute atomic E-state index is 6.21. The first-order valence-corrected chi connectivity index (χ1v) is 7.67. The molecule has 1 fully saturated rings. The van der Waals surface area contributed by atoms with E-state index in [0.717, 1.165) is 45.6 Å². The fraction of sp³-hybridized carbons (Fsp3) is 0.400. The molecule has 2 aromatic rings. The van der Waals surface area contributed by atoms with Gasteiger partial charge in [0.25, 0.3) is 0 Å². The van der Waals surface area contributed by atoms with Gasteiger partial charge in [0.15, 0.2) is 0 Å². The molecule has 0 atom stereocenters. The minimum Gasteiger partial charge on any atom is -0.496 e. The Labute approximate surface area is 127 Å². The number of rotatable bonds is 2. The first-order chi connectivity index (χ1) is 9.72. The van der Waals surface area contributed by atoms with Gasteiger partial charge in [0.05, 0.1) is 12.5 Å². The van der Waals surface area contributed by atoms with Crippen LogP contribution >= 0.6 is 15.9 Å². The zero-order valence-corrected chi connectivity index (χ0v) is 13.1. The van der Waals surface area contributed by atoms with Crippen molar-refractivity contribution < 1.29 is 4.74 Å².